The number of carboxylic acids is 2. The lowest BCUT2D eigenvalue weighted by atomic mass is 9.80. The monoisotopic (exact) mass is 390 g/mol. The standard InChI is InChI=1S/C17H30N2O8/c1-5-16(3,18-12(20)7-26-9-14(22)23)11-17(4,6-2)19-13(21)8-27-10-15(24)25/h5-11H2,1-4H3,(H,18,20)(H,19,21)(H,22,23)(H,24,25). The molecule has 0 saturated carbocycles. The van der Waals surface area contributed by atoms with Crippen molar-refractivity contribution >= 4 is 23.8 Å². The third kappa shape index (κ3) is 11.2. The van der Waals surface area contributed by atoms with Crippen molar-refractivity contribution in [2.45, 2.75) is 58.0 Å². The number of amides is 2. The second-order valence-electron chi connectivity index (χ2n) is 6.87. The SMILES string of the molecule is CCC(C)(CC(C)(CC)NC(=O)COCC(=O)O)NC(=O)COCC(=O)O. The second kappa shape index (κ2) is 11.5. The Morgan fingerprint density at radius 3 is 1.33 bits per heavy atom. The van der Waals surface area contributed by atoms with E-state index in [1.165, 1.54) is 0 Å². The predicted molar refractivity (Wildman–Crippen MR) is 95.2 cm³/mol. The van der Waals surface area contributed by atoms with Crippen molar-refractivity contribution in [1.82, 2.24) is 10.6 Å². The smallest absolute Gasteiger partial charge is 0.329 e. The summed E-state index contributed by atoms with van der Waals surface area (Å²) in [6.45, 7) is 5.54. The minimum Gasteiger partial charge on any atom is -0.480 e. The Hall–Kier alpha value is -2.20. The van der Waals surface area contributed by atoms with E-state index in [1.807, 2.05) is 27.7 Å². The van der Waals surface area contributed by atoms with Gasteiger partial charge in [0.15, 0.2) is 0 Å². The lowest BCUT2D eigenvalue weighted by Crippen LogP contribution is -2.57. The van der Waals surface area contributed by atoms with Crippen LogP contribution in [0.2, 0.25) is 0 Å². The van der Waals surface area contributed by atoms with Crippen LogP contribution in [0, 0.1) is 0 Å². The largest absolute Gasteiger partial charge is 0.480 e. The first kappa shape index (κ1) is 24.8. The molecule has 0 radical (unpaired) electrons. The van der Waals surface area contributed by atoms with Crippen LogP contribution in [0.4, 0.5) is 0 Å². The van der Waals surface area contributed by atoms with E-state index in [0.29, 0.717) is 19.3 Å². The summed E-state index contributed by atoms with van der Waals surface area (Å²) in [6.07, 6.45) is 1.54. The zero-order valence-electron chi connectivity index (χ0n) is 16.3. The van der Waals surface area contributed by atoms with Crippen molar-refractivity contribution < 1.29 is 38.9 Å². The van der Waals surface area contributed by atoms with Gasteiger partial charge in [-0.05, 0) is 33.1 Å². The highest BCUT2D eigenvalue weighted by atomic mass is 16.5. The molecule has 2 unspecified atom stereocenters. The summed E-state index contributed by atoms with van der Waals surface area (Å²) >= 11 is 0. The fourth-order valence-corrected chi connectivity index (χ4v) is 2.58. The zero-order valence-corrected chi connectivity index (χ0v) is 16.3. The van der Waals surface area contributed by atoms with E-state index in [-0.39, 0.29) is 13.2 Å². The van der Waals surface area contributed by atoms with Crippen LogP contribution in [0.15, 0.2) is 0 Å². The summed E-state index contributed by atoms with van der Waals surface area (Å²) in [5, 5.41) is 22.7. The number of nitrogens with one attached hydrogen (secondary N) is 2. The summed E-state index contributed by atoms with van der Waals surface area (Å²) in [4.78, 5) is 44.9. The van der Waals surface area contributed by atoms with E-state index in [1.54, 1.807) is 0 Å². The fraction of sp³-hybridized carbons (Fsp3) is 0.765. The molecule has 0 aromatic heterocycles. The van der Waals surface area contributed by atoms with Gasteiger partial charge >= 0.3 is 11.9 Å². The van der Waals surface area contributed by atoms with Gasteiger partial charge in [-0.2, -0.15) is 0 Å². The predicted octanol–water partition coefficient (Wildman–Crippen LogP) is 0.149. The molecule has 0 spiro atoms. The summed E-state index contributed by atoms with van der Waals surface area (Å²) in [6, 6.07) is 0. The normalized spacial score (nSPS) is 15.3. The first-order chi connectivity index (χ1) is 12.4. The summed E-state index contributed by atoms with van der Waals surface area (Å²) < 4.78 is 9.57. The van der Waals surface area contributed by atoms with Gasteiger partial charge in [-0.25, -0.2) is 9.59 Å². The van der Waals surface area contributed by atoms with Gasteiger partial charge in [0.2, 0.25) is 11.8 Å². The first-order valence-electron chi connectivity index (χ1n) is 8.66. The third-order valence-corrected chi connectivity index (χ3v) is 4.14. The molecule has 0 rings (SSSR count). The molecule has 10 nitrogen and oxygen atoms in total. The molecule has 0 heterocycles. The Morgan fingerprint density at radius 2 is 1.07 bits per heavy atom. The summed E-state index contributed by atoms with van der Waals surface area (Å²) in [5.74, 6) is -3.22. The maximum atomic E-state index is 12.0. The minimum atomic E-state index is -1.16. The van der Waals surface area contributed by atoms with Crippen LogP contribution in [-0.4, -0.2) is 71.5 Å². The van der Waals surface area contributed by atoms with E-state index < -0.39 is 48.0 Å². The molecule has 0 fully saturated rings. The van der Waals surface area contributed by atoms with Gasteiger partial charge in [0.25, 0.3) is 0 Å². The Kier molecular flexibility index (Phi) is 10.6. The number of rotatable bonds is 14. The van der Waals surface area contributed by atoms with Crippen LogP contribution < -0.4 is 10.6 Å². The van der Waals surface area contributed by atoms with Crippen molar-refractivity contribution in [1.29, 1.82) is 0 Å². The van der Waals surface area contributed by atoms with Crippen molar-refractivity contribution in [3.8, 4) is 0 Å². The number of hydrogen-bond acceptors (Lipinski definition) is 6. The first-order valence-corrected chi connectivity index (χ1v) is 8.66. The van der Waals surface area contributed by atoms with Crippen LogP contribution in [0.5, 0.6) is 0 Å². The van der Waals surface area contributed by atoms with Crippen LogP contribution in [0.25, 0.3) is 0 Å². The van der Waals surface area contributed by atoms with Crippen molar-refractivity contribution in [3.05, 3.63) is 0 Å². The average molecular weight is 390 g/mol. The molecule has 2 amide bonds. The third-order valence-electron chi connectivity index (χ3n) is 4.14. The Balaban J connectivity index is 4.77. The molecule has 156 valence electrons. The Morgan fingerprint density at radius 1 is 0.741 bits per heavy atom. The lowest BCUT2D eigenvalue weighted by molar-refractivity contribution is -0.145. The number of carbonyl (C=O) groups excluding carboxylic acids is 2. The van der Waals surface area contributed by atoms with Crippen LogP contribution in [-0.2, 0) is 28.7 Å². The molecule has 0 aliphatic carbocycles. The quantitative estimate of drug-likeness (QED) is 0.327. The molecule has 4 N–H and O–H groups in total. The molecular formula is C17H30N2O8. The highest BCUT2D eigenvalue weighted by Crippen LogP contribution is 2.26. The van der Waals surface area contributed by atoms with Crippen LogP contribution in [0.1, 0.15) is 47.0 Å². The average Bonchev–Trinajstić information content (AvgIpc) is 2.53. The molecule has 0 saturated heterocycles. The number of ether oxygens (including phenoxy) is 2. The van der Waals surface area contributed by atoms with Gasteiger partial charge in [-0.1, -0.05) is 13.8 Å². The minimum absolute atomic E-state index is 0.375. The lowest BCUT2D eigenvalue weighted by Gasteiger charge is -2.40. The van der Waals surface area contributed by atoms with Gasteiger partial charge in [0.1, 0.15) is 26.4 Å². The van der Waals surface area contributed by atoms with Crippen molar-refractivity contribution in [3.63, 3.8) is 0 Å². The van der Waals surface area contributed by atoms with Gasteiger partial charge in [-0.15, -0.1) is 0 Å². The van der Waals surface area contributed by atoms with Gasteiger partial charge in [-0.3, -0.25) is 9.59 Å². The second-order valence-corrected chi connectivity index (χ2v) is 6.87. The molecule has 0 aromatic carbocycles. The fourth-order valence-electron chi connectivity index (χ4n) is 2.58. The van der Waals surface area contributed by atoms with Gasteiger partial charge in [0, 0.05) is 11.1 Å². The molecular weight excluding hydrogens is 360 g/mol. The van der Waals surface area contributed by atoms with Crippen LogP contribution in [0.3, 0.4) is 0 Å². The number of carbonyl (C=O) groups is 4. The van der Waals surface area contributed by atoms with Gasteiger partial charge in [0.05, 0.1) is 0 Å². The van der Waals surface area contributed by atoms with E-state index >= 15 is 0 Å². The molecule has 0 aromatic rings. The highest BCUT2D eigenvalue weighted by molar-refractivity contribution is 5.79. The number of hydrogen-bond donors (Lipinski definition) is 4. The van der Waals surface area contributed by atoms with Crippen LogP contribution >= 0.6 is 0 Å². The van der Waals surface area contributed by atoms with E-state index in [0.717, 1.165) is 0 Å². The maximum Gasteiger partial charge on any atom is 0.329 e. The summed E-state index contributed by atoms with van der Waals surface area (Å²) in [7, 11) is 0. The molecule has 10 heteroatoms. The molecule has 0 aliphatic heterocycles. The zero-order chi connectivity index (χ0) is 21.1. The maximum absolute atomic E-state index is 12.0. The van der Waals surface area contributed by atoms with E-state index in [9.17, 15) is 19.2 Å². The summed E-state index contributed by atoms with van der Waals surface area (Å²) in [5.41, 5.74) is -1.33. The topological polar surface area (TPSA) is 151 Å². The molecule has 2 atom stereocenters. The highest BCUT2D eigenvalue weighted by Gasteiger charge is 2.35. The number of carboxylic acid groups (broad SMARTS) is 2. The Bertz CT molecular complexity index is 493. The van der Waals surface area contributed by atoms with Gasteiger partial charge < -0.3 is 30.3 Å². The molecule has 27 heavy (non-hydrogen) atoms. The molecule has 0 bridgehead atoms. The van der Waals surface area contributed by atoms with Crippen molar-refractivity contribution in [2.75, 3.05) is 26.4 Å². The Labute approximate surface area is 158 Å². The number of aliphatic carboxylic acids is 2. The van der Waals surface area contributed by atoms with E-state index in [2.05, 4.69) is 10.6 Å². The van der Waals surface area contributed by atoms with E-state index in [4.69, 9.17) is 19.7 Å². The van der Waals surface area contributed by atoms with Crippen molar-refractivity contribution in [2.24, 2.45) is 0 Å². The molecule has 0 aliphatic rings.